The average molecular weight is 261 g/mol. The number of aromatic nitrogens is 4. The molecule has 6 nitrogen and oxygen atoms in total. The van der Waals surface area contributed by atoms with E-state index in [2.05, 4.69) is 15.3 Å². The maximum atomic E-state index is 12.2. The summed E-state index contributed by atoms with van der Waals surface area (Å²) in [7, 11) is 0. The second kappa shape index (κ2) is 5.69. The molecular weight excluding hydrogens is 242 g/mol. The fourth-order valence-corrected chi connectivity index (χ4v) is 1.92. The lowest BCUT2D eigenvalue weighted by atomic mass is 10.3. The zero-order valence-corrected chi connectivity index (χ0v) is 11.4. The Balaban J connectivity index is 2.11. The Hall–Kier alpha value is -2.11. The smallest absolute Gasteiger partial charge is 0.293 e. The highest BCUT2D eigenvalue weighted by Gasteiger charge is 2.10. The van der Waals surface area contributed by atoms with Crippen molar-refractivity contribution in [2.24, 2.45) is 0 Å². The maximum absolute atomic E-state index is 12.2. The third-order valence-electron chi connectivity index (χ3n) is 2.85. The van der Waals surface area contributed by atoms with Crippen molar-refractivity contribution in [1.29, 1.82) is 0 Å². The minimum atomic E-state index is -0.0880. The molecule has 0 radical (unpaired) electrons. The van der Waals surface area contributed by atoms with E-state index in [0.717, 1.165) is 6.54 Å². The Bertz CT molecular complexity index is 573. The molecule has 0 fully saturated rings. The molecule has 0 aliphatic heterocycles. The zero-order chi connectivity index (χ0) is 13.8. The van der Waals surface area contributed by atoms with Gasteiger partial charge in [-0.2, -0.15) is 0 Å². The molecule has 1 atom stereocenters. The first kappa shape index (κ1) is 13.3. The first-order valence-corrected chi connectivity index (χ1v) is 6.37. The standard InChI is InChI=1S/C13H19N5O/c1-10(2)18-7-5-15-12(13(18)19)16-11(3)8-17-6-4-14-9-17/h4-7,9-11H,8H2,1-3H3,(H,15,16). The number of rotatable bonds is 5. The molecule has 0 aliphatic carbocycles. The number of nitrogens with one attached hydrogen (secondary N) is 1. The average Bonchev–Trinajstić information content (AvgIpc) is 2.84. The van der Waals surface area contributed by atoms with Gasteiger partial charge in [0.25, 0.3) is 5.56 Å². The molecule has 0 aromatic carbocycles. The fraction of sp³-hybridized carbons (Fsp3) is 0.462. The molecule has 1 unspecified atom stereocenters. The van der Waals surface area contributed by atoms with E-state index >= 15 is 0 Å². The van der Waals surface area contributed by atoms with Gasteiger partial charge in [-0.05, 0) is 20.8 Å². The quantitative estimate of drug-likeness (QED) is 0.886. The molecule has 0 aliphatic rings. The predicted molar refractivity (Wildman–Crippen MR) is 74.2 cm³/mol. The summed E-state index contributed by atoms with van der Waals surface area (Å²) in [6.45, 7) is 6.69. The van der Waals surface area contributed by atoms with E-state index in [-0.39, 0.29) is 17.6 Å². The Morgan fingerprint density at radius 3 is 2.68 bits per heavy atom. The number of hydrogen-bond acceptors (Lipinski definition) is 4. The van der Waals surface area contributed by atoms with Crippen LogP contribution in [0.25, 0.3) is 0 Å². The Kier molecular flexibility index (Phi) is 3.99. The van der Waals surface area contributed by atoms with E-state index in [1.165, 1.54) is 0 Å². The van der Waals surface area contributed by atoms with Crippen molar-refractivity contribution >= 4 is 5.82 Å². The van der Waals surface area contributed by atoms with Gasteiger partial charge in [-0.3, -0.25) is 4.79 Å². The molecule has 1 N–H and O–H groups in total. The molecule has 0 saturated heterocycles. The molecule has 2 rings (SSSR count). The summed E-state index contributed by atoms with van der Waals surface area (Å²) in [5.74, 6) is 0.392. The van der Waals surface area contributed by atoms with Crippen molar-refractivity contribution in [2.45, 2.75) is 39.4 Å². The van der Waals surface area contributed by atoms with Crippen LogP contribution in [-0.4, -0.2) is 25.1 Å². The molecule has 0 bridgehead atoms. The normalized spacial score (nSPS) is 12.6. The highest BCUT2D eigenvalue weighted by molar-refractivity contribution is 5.32. The molecular formula is C13H19N5O. The third-order valence-corrected chi connectivity index (χ3v) is 2.85. The van der Waals surface area contributed by atoms with Crippen molar-refractivity contribution in [3.8, 4) is 0 Å². The van der Waals surface area contributed by atoms with Gasteiger partial charge in [-0.25, -0.2) is 9.97 Å². The zero-order valence-electron chi connectivity index (χ0n) is 11.4. The lowest BCUT2D eigenvalue weighted by Gasteiger charge is -2.16. The molecule has 0 spiro atoms. The molecule has 2 aromatic heterocycles. The number of anilines is 1. The number of nitrogens with zero attached hydrogens (tertiary/aromatic N) is 4. The summed E-state index contributed by atoms with van der Waals surface area (Å²) in [5, 5.41) is 3.15. The van der Waals surface area contributed by atoms with Crippen LogP contribution in [0.1, 0.15) is 26.8 Å². The van der Waals surface area contributed by atoms with Gasteiger partial charge in [0.15, 0.2) is 5.82 Å². The fourth-order valence-electron chi connectivity index (χ4n) is 1.92. The van der Waals surface area contributed by atoms with E-state index in [1.54, 1.807) is 29.5 Å². The van der Waals surface area contributed by atoms with Crippen molar-refractivity contribution in [1.82, 2.24) is 19.1 Å². The van der Waals surface area contributed by atoms with Gasteiger partial charge in [-0.15, -0.1) is 0 Å². The molecule has 2 heterocycles. The van der Waals surface area contributed by atoms with Crippen LogP contribution in [-0.2, 0) is 6.54 Å². The molecule has 2 aromatic rings. The van der Waals surface area contributed by atoms with E-state index < -0.39 is 0 Å². The summed E-state index contributed by atoms with van der Waals surface area (Å²) in [5.41, 5.74) is -0.0880. The van der Waals surface area contributed by atoms with E-state index in [4.69, 9.17) is 0 Å². The van der Waals surface area contributed by atoms with Gasteiger partial charge in [-0.1, -0.05) is 0 Å². The van der Waals surface area contributed by atoms with E-state index in [1.807, 2.05) is 31.5 Å². The predicted octanol–water partition coefficient (Wildman–Crippen LogP) is 1.52. The Morgan fingerprint density at radius 1 is 1.26 bits per heavy atom. The second-order valence-corrected chi connectivity index (χ2v) is 4.89. The minimum Gasteiger partial charge on any atom is -0.361 e. The van der Waals surface area contributed by atoms with E-state index in [9.17, 15) is 4.79 Å². The van der Waals surface area contributed by atoms with Crippen molar-refractivity contribution in [2.75, 3.05) is 5.32 Å². The monoisotopic (exact) mass is 261 g/mol. The summed E-state index contributed by atoms with van der Waals surface area (Å²) in [4.78, 5) is 20.3. The van der Waals surface area contributed by atoms with Crippen LogP contribution >= 0.6 is 0 Å². The van der Waals surface area contributed by atoms with Crippen LogP contribution in [0.3, 0.4) is 0 Å². The van der Waals surface area contributed by atoms with Crippen LogP contribution in [0, 0.1) is 0 Å². The van der Waals surface area contributed by atoms with Crippen LogP contribution < -0.4 is 10.9 Å². The second-order valence-electron chi connectivity index (χ2n) is 4.89. The van der Waals surface area contributed by atoms with Gasteiger partial charge in [0.05, 0.1) is 6.33 Å². The SMILES string of the molecule is CC(Cn1ccnc1)Nc1nccn(C(C)C)c1=O. The number of hydrogen-bond donors (Lipinski definition) is 1. The van der Waals surface area contributed by atoms with Crippen LogP contribution in [0.2, 0.25) is 0 Å². The van der Waals surface area contributed by atoms with E-state index in [0.29, 0.717) is 5.82 Å². The Labute approximate surface area is 112 Å². The lowest BCUT2D eigenvalue weighted by molar-refractivity contribution is 0.570. The van der Waals surface area contributed by atoms with Crippen molar-refractivity contribution in [3.63, 3.8) is 0 Å². The molecule has 0 amide bonds. The highest BCUT2D eigenvalue weighted by atomic mass is 16.1. The molecule has 19 heavy (non-hydrogen) atoms. The minimum absolute atomic E-state index is 0.0880. The highest BCUT2D eigenvalue weighted by Crippen LogP contribution is 2.03. The lowest BCUT2D eigenvalue weighted by Crippen LogP contribution is -2.30. The first-order valence-electron chi connectivity index (χ1n) is 6.37. The van der Waals surface area contributed by atoms with Crippen molar-refractivity contribution in [3.05, 3.63) is 41.5 Å². The maximum Gasteiger partial charge on any atom is 0.293 e. The summed E-state index contributed by atoms with van der Waals surface area (Å²) < 4.78 is 3.63. The molecule has 0 saturated carbocycles. The van der Waals surface area contributed by atoms with Crippen LogP contribution in [0.15, 0.2) is 35.9 Å². The van der Waals surface area contributed by atoms with Crippen molar-refractivity contribution < 1.29 is 0 Å². The largest absolute Gasteiger partial charge is 0.361 e. The molecule has 102 valence electrons. The number of imidazole rings is 1. The van der Waals surface area contributed by atoms with Gasteiger partial charge in [0, 0.05) is 43.4 Å². The van der Waals surface area contributed by atoms with Gasteiger partial charge in [0.1, 0.15) is 0 Å². The third kappa shape index (κ3) is 3.21. The van der Waals surface area contributed by atoms with Gasteiger partial charge in [0.2, 0.25) is 0 Å². The topological polar surface area (TPSA) is 64.7 Å². The summed E-state index contributed by atoms with van der Waals surface area (Å²) in [6.07, 6.45) is 8.73. The first-order chi connectivity index (χ1) is 9.08. The van der Waals surface area contributed by atoms with Crippen LogP contribution in [0.5, 0.6) is 0 Å². The van der Waals surface area contributed by atoms with Gasteiger partial charge < -0.3 is 14.5 Å². The summed E-state index contributed by atoms with van der Waals surface area (Å²) >= 11 is 0. The Morgan fingerprint density at radius 2 is 2.05 bits per heavy atom. The summed E-state index contributed by atoms with van der Waals surface area (Å²) in [6, 6.07) is 0.220. The van der Waals surface area contributed by atoms with Crippen LogP contribution in [0.4, 0.5) is 5.82 Å². The van der Waals surface area contributed by atoms with Gasteiger partial charge >= 0.3 is 0 Å². The molecule has 6 heteroatoms.